The van der Waals surface area contributed by atoms with Crippen molar-refractivity contribution in [3.05, 3.63) is 52.3 Å². The van der Waals surface area contributed by atoms with Gasteiger partial charge in [0.15, 0.2) is 0 Å². The van der Waals surface area contributed by atoms with Gasteiger partial charge < -0.3 is 10.4 Å². The number of anilines is 1. The number of fused-ring (bicyclic) bond motifs is 3. The first-order valence-electron chi connectivity index (χ1n) is 7.44. The highest BCUT2D eigenvalue weighted by Crippen LogP contribution is 2.32. The first-order valence-corrected chi connectivity index (χ1v) is 8.64. The van der Waals surface area contributed by atoms with Crippen molar-refractivity contribution in [3.63, 3.8) is 0 Å². The first-order chi connectivity index (χ1) is 12.2. The molecule has 3 heterocycles. The molecule has 0 radical (unpaired) electrons. The number of hydrogen-bond acceptors (Lipinski definition) is 7. The van der Waals surface area contributed by atoms with Gasteiger partial charge in [-0.15, -0.1) is 11.3 Å². The number of benzene rings is 1. The average molecular weight is 374 g/mol. The van der Waals surface area contributed by atoms with Gasteiger partial charge in [-0.2, -0.15) is 0 Å². The summed E-state index contributed by atoms with van der Waals surface area (Å²) >= 11 is 7.18. The van der Waals surface area contributed by atoms with E-state index in [-0.39, 0.29) is 12.2 Å². The van der Waals surface area contributed by atoms with E-state index in [4.69, 9.17) is 16.7 Å². The monoisotopic (exact) mass is 373 g/mol. The van der Waals surface area contributed by atoms with E-state index in [2.05, 4.69) is 20.3 Å². The Kier molecular flexibility index (Phi) is 4.08. The maximum Gasteiger partial charge on any atom is 0.275 e. The zero-order valence-electron chi connectivity index (χ0n) is 12.8. The molecule has 3 aromatic heterocycles. The second-order valence-corrected chi connectivity index (χ2v) is 6.66. The minimum atomic E-state index is -0.177. The quantitative estimate of drug-likeness (QED) is 0.570. The summed E-state index contributed by atoms with van der Waals surface area (Å²) in [7, 11) is 0. The molecule has 4 rings (SSSR count). The Hall–Kier alpha value is -2.55. The van der Waals surface area contributed by atoms with Gasteiger partial charge in [0.25, 0.3) is 5.56 Å². The first kappa shape index (κ1) is 15.9. The largest absolute Gasteiger partial charge is 0.395 e. The molecular formula is C16H12ClN5O2S. The highest BCUT2D eigenvalue weighted by Gasteiger charge is 2.16. The number of aliphatic hydroxyl groups excluding tert-OH is 1. The third kappa shape index (κ3) is 2.74. The molecule has 0 spiro atoms. The molecular weight excluding hydrogens is 362 g/mol. The third-order valence-corrected chi connectivity index (χ3v) is 5.01. The number of nitrogens with zero attached hydrogens (tertiary/aromatic N) is 4. The number of rotatable bonds is 4. The van der Waals surface area contributed by atoms with Crippen molar-refractivity contribution >= 4 is 49.2 Å². The van der Waals surface area contributed by atoms with E-state index in [1.165, 1.54) is 28.6 Å². The van der Waals surface area contributed by atoms with Crippen molar-refractivity contribution in [2.24, 2.45) is 0 Å². The van der Waals surface area contributed by atoms with Crippen LogP contribution in [0.25, 0.3) is 26.1 Å². The predicted octanol–water partition coefficient (Wildman–Crippen LogP) is 2.45. The molecule has 4 aromatic rings. The van der Waals surface area contributed by atoms with Gasteiger partial charge in [0.1, 0.15) is 33.5 Å². The van der Waals surface area contributed by atoms with Crippen LogP contribution in [0.1, 0.15) is 0 Å². The molecule has 0 aliphatic carbocycles. The molecule has 0 saturated carbocycles. The molecule has 25 heavy (non-hydrogen) atoms. The van der Waals surface area contributed by atoms with E-state index in [9.17, 15) is 4.79 Å². The van der Waals surface area contributed by atoms with Crippen molar-refractivity contribution in [1.29, 1.82) is 0 Å². The van der Waals surface area contributed by atoms with E-state index < -0.39 is 0 Å². The van der Waals surface area contributed by atoms with Gasteiger partial charge in [-0.3, -0.25) is 9.36 Å². The third-order valence-electron chi connectivity index (χ3n) is 3.69. The zero-order valence-corrected chi connectivity index (χ0v) is 14.4. The molecule has 0 bridgehead atoms. The highest BCUT2D eigenvalue weighted by atomic mass is 35.5. The van der Waals surface area contributed by atoms with E-state index in [1.54, 1.807) is 24.3 Å². The van der Waals surface area contributed by atoms with Crippen LogP contribution >= 0.6 is 22.9 Å². The van der Waals surface area contributed by atoms with Gasteiger partial charge in [0.2, 0.25) is 0 Å². The molecule has 0 saturated heterocycles. The molecule has 126 valence electrons. The molecule has 2 N–H and O–H groups in total. The fraction of sp³-hybridized carbons (Fsp3) is 0.125. The van der Waals surface area contributed by atoms with Gasteiger partial charge in [-0.1, -0.05) is 11.6 Å². The SMILES string of the molecule is O=c1c2sc3ncnc(NCCO)c3c2ncn1-c1ccc(Cl)cc1. The van der Waals surface area contributed by atoms with Gasteiger partial charge in [0, 0.05) is 11.6 Å². The fourth-order valence-electron chi connectivity index (χ4n) is 2.56. The molecule has 0 unspecified atom stereocenters. The Morgan fingerprint density at radius 2 is 2.00 bits per heavy atom. The molecule has 0 atom stereocenters. The summed E-state index contributed by atoms with van der Waals surface area (Å²) in [6, 6.07) is 6.97. The van der Waals surface area contributed by atoms with Crippen LogP contribution in [0.5, 0.6) is 0 Å². The van der Waals surface area contributed by atoms with Gasteiger partial charge >= 0.3 is 0 Å². The number of thiophene rings is 1. The number of nitrogens with one attached hydrogen (secondary N) is 1. The Labute approximate surface area is 150 Å². The highest BCUT2D eigenvalue weighted by molar-refractivity contribution is 7.25. The van der Waals surface area contributed by atoms with Crippen LogP contribution in [0.15, 0.2) is 41.7 Å². The van der Waals surface area contributed by atoms with Crippen LogP contribution < -0.4 is 10.9 Å². The van der Waals surface area contributed by atoms with Crippen molar-refractivity contribution in [1.82, 2.24) is 19.5 Å². The molecule has 0 aliphatic rings. The Morgan fingerprint density at radius 3 is 2.76 bits per heavy atom. The van der Waals surface area contributed by atoms with Crippen molar-refractivity contribution in [2.45, 2.75) is 0 Å². The molecule has 0 fully saturated rings. The Bertz CT molecular complexity index is 1120. The predicted molar refractivity (Wildman–Crippen MR) is 98.9 cm³/mol. The number of aromatic nitrogens is 4. The van der Waals surface area contributed by atoms with Crippen LogP contribution in [-0.4, -0.2) is 37.8 Å². The number of hydrogen-bond donors (Lipinski definition) is 2. The molecule has 7 nitrogen and oxygen atoms in total. The van der Waals surface area contributed by atoms with Crippen molar-refractivity contribution in [3.8, 4) is 5.69 Å². The van der Waals surface area contributed by atoms with Gasteiger partial charge in [-0.05, 0) is 24.3 Å². The lowest BCUT2D eigenvalue weighted by molar-refractivity contribution is 0.311. The maximum absolute atomic E-state index is 12.9. The zero-order chi connectivity index (χ0) is 17.4. The molecule has 1 aromatic carbocycles. The Balaban J connectivity index is 1.95. The van der Waals surface area contributed by atoms with Crippen LogP contribution in [-0.2, 0) is 0 Å². The second-order valence-electron chi connectivity index (χ2n) is 5.23. The van der Waals surface area contributed by atoms with E-state index in [0.29, 0.717) is 43.5 Å². The lowest BCUT2D eigenvalue weighted by atomic mass is 10.3. The summed E-state index contributed by atoms with van der Waals surface area (Å²) in [4.78, 5) is 26.5. The summed E-state index contributed by atoms with van der Waals surface area (Å²) in [5.41, 5.74) is 1.06. The van der Waals surface area contributed by atoms with Gasteiger partial charge in [-0.25, -0.2) is 15.0 Å². The molecule has 0 aliphatic heterocycles. The van der Waals surface area contributed by atoms with Crippen molar-refractivity contribution in [2.75, 3.05) is 18.5 Å². The summed E-state index contributed by atoms with van der Waals surface area (Å²) < 4.78 is 1.97. The normalized spacial score (nSPS) is 11.3. The number of aliphatic hydroxyl groups is 1. The number of halogens is 1. The van der Waals surface area contributed by atoms with Crippen molar-refractivity contribution < 1.29 is 5.11 Å². The average Bonchev–Trinajstić information content (AvgIpc) is 3.01. The van der Waals surface area contributed by atoms with Crippen LogP contribution in [0.4, 0.5) is 5.82 Å². The summed E-state index contributed by atoms with van der Waals surface area (Å²) in [6.45, 7) is 0.329. The van der Waals surface area contributed by atoms with Crippen LogP contribution in [0, 0.1) is 0 Å². The molecule has 0 amide bonds. The lowest BCUT2D eigenvalue weighted by Crippen LogP contribution is -2.17. The smallest absolute Gasteiger partial charge is 0.275 e. The minimum Gasteiger partial charge on any atom is -0.395 e. The minimum absolute atomic E-state index is 0.0234. The summed E-state index contributed by atoms with van der Waals surface area (Å²) in [5, 5.41) is 13.3. The van der Waals surface area contributed by atoms with E-state index in [0.717, 1.165) is 0 Å². The van der Waals surface area contributed by atoms with Crippen LogP contribution in [0.2, 0.25) is 5.02 Å². The second kappa shape index (κ2) is 6.40. The topological polar surface area (TPSA) is 92.9 Å². The molecule has 9 heteroatoms. The van der Waals surface area contributed by atoms with E-state index >= 15 is 0 Å². The summed E-state index contributed by atoms with van der Waals surface area (Å²) in [5.74, 6) is 0.557. The van der Waals surface area contributed by atoms with E-state index in [1.807, 2.05) is 0 Å². The Morgan fingerprint density at radius 1 is 1.20 bits per heavy atom. The lowest BCUT2D eigenvalue weighted by Gasteiger charge is -2.06. The standard InChI is InChI=1S/C16H12ClN5O2S/c17-9-1-3-10(4-2-9)22-8-21-12-11-14(18-5-6-23)19-7-20-15(11)25-13(12)16(22)24/h1-4,7-8,23H,5-6H2,(H,18,19,20). The van der Waals surface area contributed by atoms with Gasteiger partial charge in [0.05, 0.1) is 17.7 Å². The maximum atomic E-state index is 12.9. The fourth-order valence-corrected chi connectivity index (χ4v) is 3.71. The van der Waals surface area contributed by atoms with Crippen LogP contribution in [0.3, 0.4) is 0 Å². The summed E-state index contributed by atoms with van der Waals surface area (Å²) in [6.07, 6.45) is 2.91.